The van der Waals surface area contributed by atoms with Crippen LogP contribution in [-0.4, -0.2) is 51.0 Å². The summed E-state index contributed by atoms with van der Waals surface area (Å²) in [4.78, 5) is 13.1. The van der Waals surface area contributed by atoms with Gasteiger partial charge in [-0.15, -0.1) is 0 Å². The number of ether oxygens (including phenoxy) is 2. The quantitative estimate of drug-likeness (QED) is 0.758. The summed E-state index contributed by atoms with van der Waals surface area (Å²) in [6, 6.07) is 3.89. The molecule has 21 heavy (non-hydrogen) atoms. The van der Waals surface area contributed by atoms with E-state index >= 15 is 0 Å². The van der Waals surface area contributed by atoms with E-state index in [1.165, 1.54) is 44.3 Å². The first-order valence-electron chi connectivity index (χ1n) is 5.87. The van der Waals surface area contributed by atoms with Crippen LogP contribution in [0, 0.1) is 0 Å². The van der Waals surface area contributed by atoms with Gasteiger partial charge in [0.25, 0.3) is 5.91 Å². The van der Waals surface area contributed by atoms with Crippen molar-refractivity contribution in [1.29, 1.82) is 0 Å². The largest absolute Gasteiger partial charge is 0.497 e. The monoisotopic (exact) mass is 309 g/mol. The van der Waals surface area contributed by atoms with Gasteiger partial charge in [0.05, 0.1) is 12.7 Å². The summed E-state index contributed by atoms with van der Waals surface area (Å²) in [5.41, 5.74) is -0.0515. The molecule has 0 heterocycles. The molecule has 118 valence electrons. The zero-order chi connectivity index (χ0) is 16.2. The maximum atomic E-state index is 12.9. The first kappa shape index (κ1) is 17.1. The van der Waals surface area contributed by atoms with E-state index in [1.807, 2.05) is 0 Å². The molecule has 0 saturated carbocycles. The average molecular weight is 309 g/mol. The first-order chi connectivity index (χ1) is 9.69. The fraction of sp³-hybridized carbons (Fsp3) is 0.462. The fourth-order valence-corrected chi connectivity index (χ4v) is 1.41. The highest BCUT2D eigenvalue weighted by Gasteiger charge is 2.42. The number of rotatable bonds is 6. The lowest BCUT2D eigenvalue weighted by molar-refractivity contribution is -0.148. The number of benzene rings is 1. The molecule has 8 heteroatoms. The van der Waals surface area contributed by atoms with Gasteiger partial charge >= 0.3 is 12.3 Å². The standard InChI is InChI=1S/C13H15F4NO3/c1-18(2)11(19)9-6-8(20-3)4-5-10(9)21-7-13(16,17)12(14)15/h4-6,12H,7H2,1-3H3. The van der Waals surface area contributed by atoms with Gasteiger partial charge in [-0.1, -0.05) is 0 Å². The van der Waals surface area contributed by atoms with Gasteiger partial charge in [0.1, 0.15) is 11.5 Å². The van der Waals surface area contributed by atoms with Crippen molar-refractivity contribution in [3.05, 3.63) is 23.8 Å². The van der Waals surface area contributed by atoms with E-state index in [4.69, 9.17) is 9.47 Å². The fourth-order valence-electron chi connectivity index (χ4n) is 1.41. The zero-order valence-corrected chi connectivity index (χ0v) is 11.7. The summed E-state index contributed by atoms with van der Waals surface area (Å²) in [5, 5.41) is 0. The van der Waals surface area contributed by atoms with Gasteiger partial charge in [-0.25, -0.2) is 8.78 Å². The van der Waals surface area contributed by atoms with Crippen molar-refractivity contribution in [1.82, 2.24) is 4.90 Å². The molecule has 4 nitrogen and oxygen atoms in total. The highest BCUT2D eigenvalue weighted by molar-refractivity contribution is 5.97. The van der Waals surface area contributed by atoms with Crippen molar-refractivity contribution in [3.63, 3.8) is 0 Å². The smallest absolute Gasteiger partial charge is 0.340 e. The van der Waals surface area contributed by atoms with Crippen LogP contribution in [0.5, 0.6) is 11.5 Å². The molecule has 0 N–H and O–H groups in total. The number of hydrogen-bond donors (Lipinski definition) is 0. The minimum absolute atomic E-state index is 0.0515. The zero-order valence-electron chi connectivity index (χ0n) is 11.7. The number of methoxy groups -OCH3 is 1. The van der Waals surface area contributed by atoms with Crippen molar-refractivity contribution in [2.45, 2.75) is 12.3 Å². The lowest BCUT2D eigenvalue weighted by atomic mass is 10.1. The second kappa shape index (κ2) is 6.64. The number of amides is 1. The summed E-state index contributed by atoms with van der Waals surface area (Å²) in [6.07, 6.45) is -3.84. The van der Waals surface area contributed by atoms with E-state index in [9.17, 15) is 22.4 Å². The van der Waals surface area contributed by atoms with Gasteiger partial charge in [-0.05, 0) is 18.2 Å². The Balaban J connectivity index is 3.04. The van der Waals surface area contributed by atoms with Crippen LogP contribution in [0.15, 0.2) is 18.2 Å². The highest BCUT2D eigenvalue weighted by Crippen LogP contribution is 2.28. The predicted octanol–water partition coefficient (Wildman–Crippen LogP) is 2.68. The lowest BCUT2D eigenvalue weighted by Crippen LogP contribution is -2.34. The average Bonchev–Trinajstić information content (AvgIpc) is 2.43. The Labute approximate surface area is 119 Å². The van der Waals surface area contributed by atoms with Crippen molar-refractivity contribution in [2.24, 2.45) is 0 Å². The minimum atomic E-state index is -4.29. The van der Waals surface area contributed by atoms with Crippen LogP contribution in [0.4, 0.5) is 17.6 Å². The van der Waals surface area contributed by atoms with Crippen molar-refractivity contribution in [3.8, 4) is 11.5 Å². The number of carbonyl (C=O) groups excluding carboxylic acids is 1. The van der Waals surface area contributed by atoms with Gasteiger partial charge in [0, 0.05) is 14.1 Å². The maximum Gasteiger partial charge on any atom is 0.340 e. The van der Waals surface area contributed by atoms with Gasteiger partial charge in [-0.3, -0.25) is 4.79 Å². The molecule has 0 saturated heterocycles. The van der Waals surface area contributed by atoms with E-state index in [-0.39, 0.29) is 11.3 Å². The molecule has 0 atom stereocenters. The molecular weight excluding hydrogens is 294 g/mol. The van der Waals surface area contributed by atoms with Crippen LogP contribution in [0.3, 0.4) is 0 Å². The maximum absolute atomic E-state index is 12.9. The van der Waals surface area contributed by atoms with Crippen LogP contribution in [-0.2, 0) is 0 Å². The van der Waals surface area contributed by atoms with E-state index in [0.29, 0.717) is 5.75 Å². The Kier molecular flexibility index (Phi) is 5.40. The van der Waals surface area contributed by atoms with Crippen LogP contribution < -0.4 is 9.47 Å². The number of carbonyl (C=O) groups is 1. The molecule has 0 aromatic heterocycles. The predicted molar refractivity (Wildman–Crippen MR) is 67.5 cm³/mol. The number of hydrogen-bond acceptors (Lipinski definition) is 3. The molecule has 0 aliphatic carbocycles. The highest BCUT2D eigenvalue weighted by atomic mass is 19.3. The molecule has 0 radical (unpaired) electrons. The number of nitrogens with zero attached hydrogens (tertiary/aromatic N) is 1. The SMILES string of the molecule is COc1ccc(OCC(F)(F)C(F)F)c(C(=O)N(C)C)c1. The van der Waals surface area contributed by atoms with Crippen LogP contribution in [0.25, 0.3) is 0 Å². The molecule has 0 unspecified atom stereocenters. The Hall–Kier alpha value is -1.99. The van der Waals surface area contributed by atoms with Gasteiger partial charge in [0.2, 0.25) is 0 Å². The molecule has 0 aliphatic rings. The Morgan fingerprint density at radius 3 is 2.43 bits per heavy atom. The normalized spacial score (nSPS) is 11.4. The lowest BCUT2D eigenvalue weighted by Gasteiger charge is -2.19. The first-order valence-corrected chi connectivity index (χ1v) is 5.87. The second-order valence-electron chi connectivity index (χ2n) is 4.41. The molecule has 1 rings (SSSR count). The van der Waals surface area contributed by atoms with E-state index < -0.39 is 24.9 Å². The summed E-state index contributed by atoms with van der Waals surface area (Å²) in [5.74, 6) is -4.72. The van der Waals surface area contributed by atoms with E-state index in [0.717, 1.165) is 0 Å². The molecular formula is C13H15F4NO3. The second-order valence-corrected chi connectivity index (χ2v) is 4.41. The Morgan fingerprint density at radius 2 is 1.95 bits per heavy atom. The minimum Gasteiger partial charge on any atom is -0.497 e. The molecule has 1 aromatic rings. The summed E-state index contributed by atoms with van der Waals surface area (Å²) in [6.45, 7) is -1.52. The van der Waals surface area contributed by atoms with Gasteiger partial charge in [0.15, 0.2) is 6.61 Å². The van der Waals surface area contributed by atoms with Gasteiger partial charge in [-0.2, -0.15) is 8.78 Å². The Morgan fingerprint density at radius 1 is 1.33 bits per heavy atom. The van der Waals surface area contributed by atoms with E-state index in [2.05, 4.69) is 0 Å². The molecule has 0 spiro atoms. The summed E-state index contributed by atoms with van der Waals surface area (Å²) >= 11 is 0. The van der Waals surface area contributed by atoms with Crippen molar-refractivity contribution >= 4 is 5.91 Å². The molecule has 1 amide bonds. The number of alkyl halides is 4. The van der Waals surface area contributed by atoms with Crippen LogP contribution in [0.1, 0.15) is 10.4 Å². The molecule has 0 bridgehead atoms. The molecule has 1 aromatic carbocycles. The van der Waals surface area contributed by atoms with Crippen LogP contribution >= 0.6 is 0 Å². The Bertz CT molecular complexity index is 506. The van der Waals surface area contributed by atoms with Crippen LogP contribution in [0.2, 0.25) is 0 Å². The van der Waals surface area contributed by atoms with E-state index in [1.54, 1.807) is 0 Å². The summed E-state index contributed by atoms with van der Waals surface area (Å²) < 4.78 is 59.6. The topological polar surface area (TPSA) is 38.8 Å². The van der Waals surface area contributed by atoms with Crippen molar-refractivity contribution < 1.29 is 31.8 Å². The van der Waals surface area contributed by atoms with Gasteiger partial charge < -0.3 is 14.4 Å². The third-order valence-corrected chi connectivity index (χ3v) is 2.56. The third-order valence-electron chi connectivity index (χ3n) is 2.56. The summed E-state index contributed by atoms with van der Waals surface area (Å²) in [7, 11) is 4.28. The number of halogens is 4. The van der Waals surface area contributed by atoms with Crippen molar-refractivity contribution in [2.75, 3.05) is 27.8 Å². The molecule has 0 aliphatic heterocycles. The molecule has 0 fully saturated rings. The third kappa shape index (κ3) is 4.24.